The summed E-state index contributed by atoms with van der Waals surface area (Å²) in [5.41, 5.74) is 5.42. The Morgan fingerprint density at radius 2 is 1.82 bits per heavy atom. The second kappa shape index (κ2) is 17.2. The molecule has 5 N–H and O–H groups in total. The number of β-lactam (4-membered cyclic amide) rings is 1. The molecule has 224 valence electrons. The lowest BCUT2D eigenvalue weighted by Gasteiger charge is -2.50. The van der Waals surface area contributed by atoms with Gasteiger partial charge in [0.1, 0.15) is 24.2 Å². The van der Waals surface area contributed by atoms with Crippen molar-refractivity contribution in [3.8, 4) is 0 Å². The lowest BCUT2D eigenvalue weighted by Crippen LogP contribution is -3.12. The van der Waals surface area contributed by atoms with Crippen LogP contribution in [0.1, 0.15) is 65.0 Å². The molecule has 12 nitrogen and oxygen atoms in total. The molecule has 0 saturated carbocycles. The summed E-state index contributed by atoms with van der Waals surface area (Å²) in [6.07, 6.45) is 8.26. The van der Waals surface area contributed by atoms with Gasteiger partial charge in [-0.3, -0.25) is 14.5 Å². The van der Waals surface area contributed by atoms with Crippen molar-refractivity contribution in [3.63, 3.8) is 0 Å². The number of quaternary nitrogens is 1. The molecule has 2 aliphatic rings. The summed E-state index contributed by atoms with van der Waals surface area (Å²) in [7, 11) is 1.25. The van der Waals surface area contributed by atoms with E-state index in [9.17, 15) is 24.6 Å². The number of carboxylic acids is 1. The van der Waals surface area contributed by atoms with Gasteiger partial charge in [-0.25, -0.2) is 4.98 Å². The predicted octanol–water partition coefficient (Wildman–Crippen LogP) is -0.256. The molecule has 14 heteroatoms. The molecule has 3 heterocycles. The Morgan fingerprint density at radius 3 is 2.27 bits per heavy atom. The van der Waals surface area contributed by atoms with Gasteiger partial charge in [0.05, 0.1) is 37.9 Å². The summed E-state index contributed by atoms with van der Waals surface area (Å²) in [6.45, 7) is 10.6. The number of aromatic nitrogens is 1. The highest BCUT2D eigenvalue weighted by atomic mass is 32.2. The number of nitrogen functional groups attached to an aromatic ring is 1. The monoisotopic (exact) mass is 598 g/mol. The maximum Gasteiger partial charge on any atom is 0.276 e. The van der Waals surface area contributed by atoms with Crippen LogP contribution < -0.4 is 21.1 Å². The van der Waals surface area contributed by atoms with E-state index in [1.165, 1.54) is 82.4 Å². The van der Waals surface area contributed by atoms with Gasteiger partial charge in [0.25, 0.3) is 11.8 Å². The highest BCUT2D eigenvalue weighted by Gasteiger charge is 2.53. The fourth-order valence-electron chi connectivity index (χ4n) is 4.35. The largest absolute Gasteiger partial charge is 0.543 e. The third-order valence-corrected chi connectivity index (χ3v) is 8.55. The number of carbonyl (C=O) groups excluding carboxylic acids is 3. The molecule has 1 aromatic heterocycles. The van der Waals surface area contributed by atoms with Gasteiger partial charge in [-0.1, -0.05) is 45.2 Å². The first kappa shape index (κ1) is 33.5. The van der Waals surface area contributed by atoms with Gasteiger partial charge in [-0.15, -0.1) is 23.1 Å². The van der Waals surface area contributed by atoms with Crippen molar-refractivity contribution in [3.05, 3.63) is 22.3 Å². The number of thiazole rings is 1. The summed E-state index contributed by atoms with van der Waals surface area (Å²) >= 11 is 2.33. The standard InChI is InChI=1S/C14H15N5O6S2.C12H27N/c1-25-18-7(6-4-27-14(15)16-6)10(21)17-8-11(22)19-9(13(23)24)5(2-20)3-26-12(8)19;1-4-7-10-13(11-8-5-2)12-9-6-3/h4,8,12,20H,2-3H2,1H3,(H2,15,16)(H,17,21)(H,23,24);4-12H2,1-3H3/b18-7+;/t8-,12-;/m1./s1. The Hall–Kier alpha value is -2.68. The topological polar surface area (TPSA) is 175 Å². The first-order valence-corrected chi connectivity index (χ1v) is 15.6. The maximum atomic E-state index is 12.5. The fourth-order valence-corrected chi connectivity index (χ4v) is 6.23. The van der Waals surface area contributed by atoms with E-state index in [0.29, 0.717) is 0 Å². The van der Waals surface area contributed by atoms with E-state index in [-0.39, 0.29) is 33.6 Å². The van der Waals surface area contributed by atoms with Crippen molar-refractivity contribution in [1.29, 1.82) is 0 Å². The molecule has 1 aromatic rings. The summed E-state index contributed by atoms with van der Waals surface area (Å²) in [5, 5.41) is 27.9. The van der Waals surface area contributed by atoms with Gasteiger partial charge in [0, 0.05) is 11.1 Å². The van der Waals surface area contributed by atoms with Crippen LogP contribution in [-0.4, -0.2) is 89.0 Å². The summed E-state index contributed by atoms with van der Waals surface area (Å²) in [4.78, 5) is 47.8. The number of aliphatic carboxylic acids is 1. The third-order valence-electron chi connectivity index (χ3n) is 6.53. The number of hydrogen-bond acceptors (Lipinski definition) is 11. The second-order valence-corrected chi connectivity index (χ2v) is 11.5. The van der Waals surface area contributed by atoms with Gasteiger partial charge in [-0.2, -0.15) is 0 Å². The predicted molar refractivity (Wildman–Crippen MR) is 155 cm³/mol. The Bertz CT molecular complexity index is 1040. The van der Waals surface area contributed by atoms with Crippen molar-refractivity contribution in [2.24, 2.45) is 5.16 Å². The van der Waals surface area contributed by atoms with Gasteiger partial charge in [0.2, 0.25) is 0 Å². The number of hydrogen-bond donors (Lipinski definition) is 4. The number of aliphatic hydroxyl groups excluding tert-OH is 1. The average molecular weight is 599 g/mol. The molecule has 0 spiro atoms. The Labute approximate surface area is 244 Å². The van der Waals surface area contributed by atoms with E-state index in [1.807, 2.05) is 4.90 Å². The van der Waals surface area contributed by atoms with E-state index in [1.54, 1.807) is 0 Å². The van der Waals surface area contributed by atoms with Crippen LogP contribution in [0, 0.1) is 0 Å². The van der Waals surface area contributed by atoms with E-state index < -0.39 is 35.8 Å². The lowest BCUT2D eigenvalue weighted by molar-refractivity contribution is -0.900. The molecule has 1 fully saturated rings. The molecule has 2 aliphatic heterocycles. The number of carboxylic acid groups (broad SMARTS) is 1. The third kappa shape index (κ3) is 8.91. The normalized spacial score (nSPS) is 18.6. The molecule has 40 heavy (non-hydrogen) atoms. The number of carbonyl (C=O) groups is 3. The van der Waals surface area contributed by atoms with E-state index in [0.717, 1.165) is 16.2 Å². The minimum Gasteiger partial charge on any atom is -0.543 e. The maximum absolute atomic E-state index is 12.5. The number of oxime groups is 1. The molecular formula is C26H42N6O6S2. The number of anilines is 1. The fraction of sp³-hybridized carbons (Fsp3) is 0.654. The van der Waals surface area contributed by atoms with Crippen molar-refractivity contribution in [1.82, 2.24) is 15.2 Å². The van der Waals surface area contributed by atoms with Gasteiger partial charge in [-0.05, 0) is 24.8 Å². The van der Waals surface area contributed by atoms with Crippen LogP contribution in [0.2, 0.25) is 0 Å². The molecule has 2 amide bonds. The number of aliphatic hydroxyl groups is 1. The van der Waals surface area contributed by atoms with Crippen molar-refractivity contribution >= 4 is 51.7 Å². The van der Waals surface area contributed by atoms with Crippen LogP contribution >= 0.6 is 23.1 Å². The first-order valence-electron chi connectivity index (χ1n) is 13.7. The zero-order valence-electron chi connectivity index (χ0n) is 23.7. The number of thioether (sulfide) groups is 1. The number of nitrogens with zero attached hydrogens (tertiary/aromatic N) is 3. The smallest absolute Gasteiger partial charge is 0.276 e. The van der Waals surface area contributed by atoms with E-state index in [4.69, 9.17) is 5.73 Å². The highest BCUT2D eigenvalue weighted by molar-refractivity contribution is 8.00. The number of nitrogens with one attached hydrogen (secondary N) is 2. The van der Waals surface area contributed by atoms with Crippen LogP contribution in [0.25, 0.3) is 0 Å². The summed E-state index contributed by atoms with van der Waals surface area (Å²) < 4.78 is 0. The average Bonchev–Trinajstić information content (AvgIpc) is 3.38. The minimum absolute atomic E-state index is 0.163. The van der Waals surface area contributed by atoms with Crippen LogP contribution in [-0.2, 0) is 19.2 Å². The zero-order chi connectivity index (χ0) is 29.7. The molecule has 0 radical (unpaired) electrons. The number of fused-ring (bicyclic) bond motifs is 1. The summed E-state index contributed by atoms with van der Waals surface area (Å²) in [6, 6.07) is -0.963. The first-order chi connectivity index (χ1) is 19.2. The Balaban J connectivity index is 0.000000366. The molecular weight excluding hydrogens is 556 g/mol. The number of amides is 2. The molecule has 0 unspecified atom stereocenters. The second-order valence-electron chi connectivity index (χ2n) is 9.51. The molecule has 0 aliphatic carbocycles. The molecule has 3 rings (SSSR count). The number of unbranched alkanes of at least 4 members (excludes halogenated alkanes) is 3. The van der Waals surface area contributed by atoms with Crippen LogP contribution in [0.3, 0.4) is 0 Å². The lowest BCUT2D eigenvalue weighted by atomic mass is 10.0. The van der Waals surface area contributed by atoms with Crippen LogP contribution in [0.15, 0.2) is 21.8 Å². The van der Waals surface area contributed by atoms with Gasteiger partial charge >= 0.3 is 0 Å². The highest BCUT2D eigenvalue weighted by Crippen LogP contribution is 2.39. The number of nitrogens with two attached hydrogens (primary N) is 1. The molecule has 0 bridgehead atoms. The molecule has 1 saturated heterocycles. The van der Waals surface area contributed by atoms with Crippen molar-refractivity contribution in [2.75, 3.05) is 44.8 Å². The Kier molecular flexibility index (Phi) is 14.4. The minimum atomic E-state index is -1.55. The van der Waals surface area contributed by atoms with E-state index in [2.05, 4.69) is 41.1 Å². The van der Waals surface area contributed by atoms with Crippen LogP contribution in [0.5, 0.6) is 0 Å². The quantitative estimate of drug-likeness (QED) is 0.120. The SMILES string of the molecule is CCCC[NH+](CCCC)CCCC.CO/N=C(/C(=O)N[C@@H]1C(=O)N2C(C(=O)[O-])=C(CO)CS[C@H]12)c1csc(N)n1. The molecule has 2 atom stereocenters. The zero-order valence-corrected chi connectivity index (χ0v) is 25.4. The van der Waals surface area contributed by atoms with Crippen molar-refractivity contribution < 1.29 is 34.3 Å². The van der Waals surface area contributed by atoms with Crippen LogP contribution in [0.4, 0.5) is 5.13 Å². The Morgan fingerprint density at radius 1 is 1.23 bits per heavy atom. The van der Waals surface area contributed by atoms with E-state index >= 15 is 0 Å². The molecule has 0 aromatic carbocycles. The van der Waals surface area contributed by atoms with Gasteiger partial charge in [0.15, 0.2) is 10.8 Å². The van der Waals surface area contributed by atoms with Crippen molar-refractivity contribution in [2.45, 2.75) is 70.7 Å². The summed E-state index contributed by atoms with van der Waals surface area (Å²) in [5.74, 6) is -2.70. The number of rotatable bonds is 15. The van der Waals surface area contributed by atoms with Gasteiger partial charge < -0.3 is 35.8 Å².